The van der Waals surface area contributed by atoms with Gasteiger partial charge in [0.1, 0.15) is 0 Å². The van der Waals surface area contributed by atoms with E-state index in [0.29, 0.717) is 18.2 Å². The van der Waals surface area contributed by atoms with Crippen LogP contribution in [0.2, 0.25) is 0 Å². The van der Waals surface area contributed by atoms with Crippen molar-refractivity contribution in [3.63, 3.8) is 0 Å². The van der Waals surface area contributed by atoms with E-state index in [-0.39, 0.29) is 5.91 Å². The molecule has 1 aliphatic rings. The molecule has 0 spiro atoms. The second kappa shape index (κ2) is 8.43. The Morgan fingerprint density at radius 2 is 2.00 bits per heavy atom. The van der Waals surface area contributed by atoms with Gasteiger partial charge in [-0.3, -0.25) is 9.78 Å². The normalized spacial score (nSPS) is 15.4. The number of rotatable bonds is 6. The minimum Gasteiger partial charge on any atom is -0.378 e. The van der Waals surface area contributed by atoms with E-state index in [4.69, 9.17) is 4.74 Å². The third-order valence-electron chi connectivity index (χ3n) is 4.92. The van der Waals surface area contributed by atoms with Gasteiger partial charge in [-0.1, -0.05) is 30.9 Å². The summed E-state index contributed by atoms with van der Waals surface area (Å²) in [5.41, 5.74) is 3.53. The molecular weight excluding hydrogens is 312 g/mol. The van der Waals surface area contributed by atoms with E-state index < -0.39 is 0 Å². The monoisotopic (exact) mass is 340 g/mol. The number of aryl methyl sites for hydroxylation is 2. The van der Waals surface area contributed by atoms with Crippen LogP contribution >= 0.6 is 0 Å². The maximum atomic E-state index is 12.5. The number of hydrogen-bond acceptors (Lipinski definition) is 3. The quantitative estimate of drug-likeness (QED) is 0.797. The molecule has 2 aromatic rings. The van der Waals surface area contributed by atoms with Crippen molar-refractivity contribution in [1.29, 1.82) is 0 Å². The second-order valence-corrected chi connectivity index (χ2v) is 7.06. The van der Waals surface area contributed by atoms with E-state index in [0.717, 1.165) is 29.6 Å². The highest BCUT2D eigenvalue weighted by atomic mass is 16.5. The van der Waals surface area contributed by atoms with Gasteiger partial charge in [0.15, 0.2) is 0 Å². The lowest BCUT2D eigenvalue weighted by Crippen LogP contribution is -2.27. The van der Waals surface area contributed by atoms with Gasteiger partial charge < -0.3 is 10.1 Å². The number of pyridine rings is 1. The maximum Gasteiger partial charge on any atom is 0.253 e. The Bertz CT molecular complexity index is 736. The fourth-order valence-corrected chi connectivity index (χ4v) is 3.47. The number of nitrogens with zero attached hydrogens (tertiary/aromatic N) is 1. The first-order valence-corrected chi connectivity index (χ1v) is 9.41. The number of amides is 1. The number of carbonyl (C=O) groups excluding carboxylic acids is 1. The number of ether oxygens (including phenoxy) is 1. The van der Waals surface area contributed by atoms with E-state index in [1.807, 2.05) is 32.0 Å². The molecule has 1 amide bonds. The molecule has 1 aromatic carbocycles. The van der Waals surface area contributed by atoms with Crippen molar-refractivity contribution in [3.05, 3.63) is 41.1 Å². The molecule has 1 heterocycles. The summed E-state index contributed by atoms with van der Waals surface area (Å²) < 4.78 is 5.90. The molecule has 0 aliphatic heterocycles. The minimum absolute atomic E-state index is 0.0499. The van der Waals surface area contributed by atoms with Crippen LogP contribution in [0.4, 0.5) is 0 Å². The molecule has 1 fully saturated rings. The maximum absolute atomic E-state index is 12.5. The zero-order valence-corrected chi connectivity index (χ0v) is 15.3. The molecule has 25 heavy (non-hydrogen) atoms. The first-order valence-electron chi connectivity index (χ1n) is 9.41. The fraction of sp³-hybridized carbons (Fsp3) is 0.524. The van der Waals surface area contributed by atoms with E-state index in [9.17, 15) is 4.79 Å². The Labute approximate surface area is 150 Å². The Morgan fingerprint density at radius 3 is 2.80 bits per heavy atom. The first kappa shape index (κ1) is 17.9. The van der Waals surface area contributed by atoms with E-state index in [1.165, 1.54) is 37.7 Å². The smallest absolute Gasteiger partial charge is 0.253 e. The van der Waals surface area contributed by atoms with Crippen molar-refractivity contribution in [3.8, 4) is 0 Å². The predicted octanol–water partition coefficient (Wildman–Crippen LogP) is 4.32. The highest BCUT2D eigenvalue weighted by Gasteiger charge is 2.14. The zero-order valence-electron chi connectivity index (χ0n) is 15.3. The molecule has 4 nitrogen and oxygen atoms in total. The van der Waals surface area contributed by atoms with Crippen LogP contribution in [0.15, 0.2) is 24.3 Å². The van der Waals surface area contributed by atoms with Gasteiger partial charge in [0.2, 0.25) is 0 Å². The molecule has 0 radical (unpaired) electrons. The van der Waals surface area contributed by atoms with Gasteiger partial charge in [-0.25, -0.2) is 0 Å². The van der Waals surface area contributed by atoms with Gasteiger partial charge in [-0.15, -0.1) is 0 Å². The molecule has 1 aromatic heterocycles. The average molecular weight is 340 g/mol. The number of hydrogen-bond donors (Lipinski definition) is 1. The molecule has 1 N–H and O–H groups in total. The Balaban J connectivity index is 1.50. The average Bonchev–Trinajstić information content (AvgIpc) is 2.62. The summed E-state index contributed by atoms with van der Waals surface area (Å²) in [6, 6.07) is 8.05. The van der Waals surface area contributed by atoms with Crippen LogP contribution in [0.5, 0.6) is 0 Å². The van der Waals surface area contributed by atoms with E-state index in [1.54, 1.807) is 0 Å². The summed E-state index contributed by atoms with van der Waals surface area (Å²) in [5.74, 6) is -0.0499. The number of carbonyl (C=O) groups is 1. The molecule has 1 saturated carbocycles. The molecule has 0 saturated heterocycles. The number of benzene rings is 1. The Morgan fingerprint density at radius 1 is 1.20 bits per heavy atom. The van der Waals surface area contributed by atoms with Crippen LogP contribution in [0.3, 0.4) is 0 Å². The molecule has 0 bridgehead atoms. The summed E-state index contributed by atoms with van der Waals surface area (Å²) in [6.07, 6.45) is 7.57. The second-order valence-electron chi connectivity index (χ2n) is 7.06. The summed E-state index contributed by atoms with van der Waals surface area (Å²) in [7, 11) is 0. The first-order chi connectivity index (χ1) is 12.1. The van der Waals surface area contributed by atoms with Crippen molar-refractivity contribution < 1.29 is 9.53 Å². The molecule has 134 valence electrons. The number of nitrogens with one attached hydrogen (secondary N) is 1. The van der Waals surface area contributed by atoms with Crippen LogP contribution in [0.1, 0.15) is 60.1 Å². The van der Waals surface area contributed by atoms with Gasteiger partial charge in [0, 0.05) is 18.5 Å². The number of fused-ring (bicyclic) bond motifs is 1. The topological polar surface area (TPSA) is 51.2 Å². The van der Waals surface area contributed by atoms with Gasteiger partial charge in [0.05, 0.1) is 22.9 Å². The molecule has 3 rings (SSSR count). The lowest BCUT2D eigenvalue weighted by Gasteiger charge is -2.21. The van der Waals surface area contributed by atoms with Crippen molar-refractivity contribution in [2.24, 2.45) is 0 Å². The minimum atomic E-state index is -0.0499. The lowest BCUT2D eigenvalue weighted by molar-refractivity contribution is 0.0273. The van der Waals surface area contributed by atoms with Crippen LogP contribution in [-0.4, -0.2) is 30.1 Å². The Kier molecular flexibility index (Phi) is 6.03. The molecule has 0 atom stereocenters. The van der Waals surface area contributed by atoms with Crippen LogP contribution in [-0.2, 0) is 4.74 Å². The summed E-state index contributed by atoms with van der Waals surface area (Å²) >= 11 is 0. The molecule has 1 aliphatic carbocycles. The number of aromatic nitrogens is 1. The fourth-order valence-electron chi connectivity index (χ4n) is 3.47. The summed E-state index contributed by atoms with van der Waals surface area (Å²) in [4.78, 5) is 17.0. The van der Waals surface area contributed by atoms with E-state index >= 15 is 0 Å². The van der Waals surface area contributed by atoms with Crippen LogP contribution < -0.4 is 5.32 Å². The predicted molar refractivity (Wildman–Crippen MR) is 101 cm³/mol. The van der Waals surface area contributed by atoms with Crippen LogP contribution in [0.25, 0.3) is 10.9 Å². The van der Waals surface area contributed by atoms with Gasteiger partial charge >= 0.3 is 0 Å². The highest BCUT2D eigenvalue weighted by Crippen LogP contribution is 2.20. The SMILES string of the molecule is Cc1ccc2nc(C)c(C(=O)NCCCOC3CCCCC3)cc2c1. The largest absolute Gasteiger partial charge is 0.378 e. The van der Waals surface area contributed by atoms with Gasteiger partial charge in [-0.2, -0.15) is 0 Å². The third kappa shape index (κ3) is 4.79. The van der Waals surface area contributed by atoms with Gasteiger partial charge in [-0.05, 0) is 51.3 Å². The third-order valence-corrected chi connectivity index (χ3v) is 4.92. The van der Waals surface area contributed by atoms with Crippen molar-refractivity contribution in [2.75, 3.05) is 13.2 Å². The molecular formula is C21H28N2O2. The van der Waals surface area contributed by atoms with Crippen molar-refractivity contribution in [2.45, 2.75) is 58.5 Å². The molecule has 4 heteroatoms. The molecule has 0 unspecified atom stereocenters. The van der Waals surface area contributed by atoms with Gasteiger partial charge in [0.25, 0.3) is 5.91 Å². The van der Waals surface area contributed by atoms with Crippen molar-refractivity contribution in [1.82, 2.24) is 10.3 Å². The zero-order chi connectivity index (χ0) is 17.6. The standard InChI is InChI=1S/C21H28N2O2/c1-15-9-10-20-17(13-15)14-19(16(2)23-20)21(24)22-11-6-12-25-18-7-4-3-5-8-18/h9-10,13-14,18H,3-8,11-12H2,1-2H3,(H,22,24). The lowest BCUT2D eigenvalue weighted by atomic mass is 9.98. The summed E-state index contributed by atoms with van der Waals surface area (Å²) in [5, 5.41) is 4.01. The summed E-state index contributed by atoms with van der Waals surface area (Å²) in [6.45, 7) is 5.29. The van der Waals surface area contributed by atoms with E-state index in [2.05, 4.69) is 16.4 Å². The Hall–Kier alpha value is -1.94. The highest BCUT2D eigenvalue weighted by molar-refractivity contribution is 5.98. The van der Waals surface area contributed by atoms with Crippen LogP contribution in [0, 0.1) is 13.8 Å². The van der Waals surface area contributed by atoms with Crippen molar-refractivity contribution >= 4 is 16.8 Å².